The number of ether oxygens (including phenoxy) is 2. The van der Waals surface area contributed by atoms with Crippen LogP contribution in [0.2, 0.25) is 5.15 Å². The predicted molar refractivity (Wildman–Crippen MR) is 77.1 cm³/mol. The molecule has 7 heteroatoms. The molecule has 1 aromatic heterocycles. The topological polar surface area (TPSA) is 73.3 Å². The molecule has 0 atom stereocenters. The highest BCUT2D eigenvalue weighted by atomic mass is 35.5. The Balaban J connectivity index is 1.89. The van der Waals surface area contributed by atoms with Crippen LogP contribution in [0.3, 0.4) is 0 Å². The molecule has 1 aromatic carbocycles. The standard InChI is InChI=1S/C14H12ClN3O3/c1-20-12-13(15)16-7-17-14(12)21-9-3-4-10-8(6-9)2-5-11(19)18-10/h3-4,6-7H,2,5H2,1H3,(H,18,19). The maximum atomic E-state index is 11.3. The summed E-state index contributed by atoms with van der Waals surface area (Å²) >= 11 is 5.92. The second-order valence-corrected chi connectivity index (χ2v) is 4.83. The van der Waals surface area contributed by atoms with E-state index in [1.54, 1.807) is 12.1 Å². The first-order valence-electron chi connectivity index (χ1n) is 6.32. The number of aryl methyl sites for hydroxylation is 1. The third-order valence-corrected chi connectivity index (χ3v) is 3.39. The Kier molecular flexibility index (Phi) is 3.62. The summed E-state index contributed by atoms with van der Waals surface area (Å²) in [5.41, 5.74) is 1.83. The largest absolute Gasteiger partial charge is 0.489 e. The second-order valence-electron chi connectivity index (χ2n) is 4.47. The number of rotatable bonds is 3. The summed E-state index contributed by atoms with van der Waals surface area (Å²) in [6.45, 7) is 0. The van der Waals surface area contributed by atoms with E-state index < -0.39 is 0 Å². The molecule has 0 spiro atoms. The molecule has 0 saturated heterocycles. The Hall–Kier alpha value is -2.34. The third-order valence-electron chi connectivity index (χ3n) is 3.12. The Morgan fingerprint density at radius 2 is 2.14 bits per heavy atom. The van der Waals surface area contributed by atoms with Gasteiger partial charge in [-0.25, -0.2) is 4.98 Å². The van der Waals surface area contributed by atoms with Crippen molar-refractivity contribution in [1.29, 1.82) is 0 Å². The summed E-state index contributed by atoms with van der Waals surface area (Å²) in [4.78, 5) is 19.2. The van der Waals surface area contributed by atoms with Crippen LogP contribution in [0.25, 0.3) is 0 Å². The highest BCUT2D eigenvalue weighted by Crippen LogP contribution is 2.35. The summed E-state index contributed by atoms with van der Waals surface area (Å²) in [5, 5.41) is 3.00. The van der Waals surface area contributed by atoms with Crippen molar-refractivity contribution in [1.82, 2.24) is 9.97 Å². The number of carbonyl (C=O) groups excluding carboxylic acids is 1. The Morgan fingerprint density at radius 3 is 2.95 bits per heavy atom. The quantitative estimate of drug-likeness (QED) is 0.883. The normalized spacial score (nSPS) is 13.3. The van der Waals surface area contributed by atoms with Crippen LogP contribution >= 0.6 is 11.6 Å². The monoisotopic (exact) mass is 305 g/mol. The Bertz CT molecular complexity index is 706. The zero-order chi connectivity index (χ0) is 14.8. The Labute approximate surface area is 126 Å². The van der Waals surface area contributed by atoms with Gasteiger partial charge in [0, 0.05) is 12.1 Å². The molecule has 0 aliphatic carbocycles. The summed E-state index contributed by atoms with van der Waals surface area (Å²) < 4.78 is 10.8. The van der Waals surface area contributed by atoms with Gasteiger partial charge in [-0.2, -0.15) is 4.98 Å². The second kappa shape index (κ2) is 5.57. The number of methoxy groups -OCH3 is 1. The predicted octanol–water partition coefficient (Wildman–Crippen LogP) is 2.82. The van der Waals surface area contributed by atoms with E-state index in [0.717, 1.165) is 11.3 Å². The fourth-order valence-electron chi connectivity index (χ4n) is 2.12. The number of nitrogens with one attached hydrogen (secondary N) is 1. The fraction of sp³-hybridized carbons (Fsp3) is 0.214. The molecule has 1 N–H and O–H groups in total. The number of amides is 1. The zero-order valence-electron chi connectivity index (χ0n) is 11.2. The number of hydrogen-bond donors (Lipinski definition) is 1. The van der Waals surface area contributed by atoms with Crippen LogP contribution in [0, 0.1) is 0 Å². The third kappa shape index (κ3) is 2.75. The summed E-state index contributed by atoms with van der Waals surface area (Å²) in [6.07, 6.45) is 2.46. The van der Waals surface area contributed by atoms with E-state index in [0.29, 0.717) is 18.6 Å². The fourth-order valence-corrected chi connectivity index (χ4v) is 2.32. The molecule has 1 aliphatic rings. The van der Waals surface area contributed by atoms with Gasteiger partial charge in [-0.05, 0) is 30.2 Å². The molecule has 0 radical (unpaired) electrons. The van der Waals surface area contributed by atoms with Gasteiger partial charge in [0.15, 0.2) is 5.15 Å². The number of carbonyl (C=O) groups is 1. The van der Waals surface area contributed by atoms with E-state index in [1.165, 1.54) is 13.4 Å². The number of aromatic nitrogens is 2. The lowest BCUT2D eigenvalue weighted by Gasteiger charge is -2.17. The minimum absolute atomic E-state index is 0.0282. The first-order valence-corrected chi connectivity index (χ1v) is 6.70. The molecule has 0 fully saturated rings. The SMILES string of the molecule is COc1c(Cl)ncnc1Oc1ccc2c(c1)CCC(=O)N2. The van der Waals surface area contributed by atoms with Crippen molar-refractivity contribution in [2.24, 2.45) is 0 Å². The van der Waals surface area contributed by atoms with Gasteiger partial charge in [0.25, 0.3) is 5.88 Å². The molecule has 108 valence electrons. The van der Waals surface area contributed by atoms with Crippen molar-refractivity contribution in [2.45, 2.75) is 12.8 Å². The lowest BCUT2D eigenvalue weighted by Crippen LogP contribution is -2.18. The highest BCUT2D eigenvalue weighted by Gasteiger charge is 2.17. The molecular weight excluding hydrogens is 294 g/mol. The molecule has 1 amide bonds. The number of hydrogen-bond acceptors (Lipinski definition) is 5. The van der Waals surface area contributed by atoms with Crippen LogP contribution in [-0.2, 0) is 11.2 Å². The first kappa shape index (κ1) is 13.6. The summed E-state index contributed by atoms with van der Waals surface area (Å²) in [7, 11) is 1.47. The van der Waals surface area contributed by atoms with E-state index in [-0.39, 0.29) is 22.7 Å². The molecule has 21 heavy (non-hydrogen) atoms. The van der Waals surface area contributed by atoms with Crippen molar-refractivity contribution in [3.63, 3.8) is 0 Å². The minimum Gasteiger partial charge on any atom is -0.489 e. The van der Waals surface area contributed by atoms with Crippen LogP contribution in [0.5, 0.6) is 17.4 Å². The number of halogens is 1. The van der Waals surface area contributed by atoms with E-state index in [1.807, 2.05) is 6.07 Å². The van der Waals surface area contributed by atoms with Gasteiger partial charge in [-0.15, -0.1) is 0 Å². The van der Waals surface area contributed by atoms with Gasteiger partial charge in [0.2, 0.25) is 11.7 Å². The van der Waals surface area contributed by atoms with Crippen molar-refractivity contribution >= 4 is 23.2 Å². The van der Waals surface area contributed by atoms with Crippen LogP contribution in [0.4, 0.5) is 5.69 Å². The van der Waals surface area contributed by atoms with E-state index >= 15 is 0 Å². The smallest absolute Gasteiger partial charge is 0.267 e. The van der Waals surface area contributed by atoms with Crippen molar-refractivity contribution in [3.8, 4) is 17.4 Å². The van der Waals surface area contributed by atoms with Crippen LogP contribution < -0.4 is 14.8 Å². The van der Waals surface area contributed by atoms with E-state index in [2.05, 4.69) is 15.3 Å². The van der Waals surface area contributed by atoms with Crippen LogP contribution in [0.15, 0.2) is 24.5 Å². The molecule has 1 aliphatic heterocycles. The van der Waals surface area contributed by atoms with Crippen molar-refractivity contribution < 1.29 is 14.3 Å². The van der Waals surface area contributed by atoms with Gasteiger partial charge in [0.1, 0.15) is 12.1 Å². The van der Waals surface area contributed by atoms with Gasteiger partial charge in [0.05, 0.1) is 7.11 Å². The number of fused-ring (bicyclic) bond motifs is 1. The Morgan fingerprint density at radius 1 is 1.29 bits per heavy atom. The molecule has 0 bridgehead atoms. The van der Waals surface area contributed by atoms with Gasteiger partial charge in [-0.1, -0.05) is 11.6 Å². The molecule has 6 nitrogen and oxygen atoms in total. The molecule has 2 heterocycles. The maximum absolute atomic E-state index is 11.3. The van der Waals surface area contributed by atoms with E-state index in [4.69, 9.17) is 21.1 Å². The van der Waals surface area contributed by atoms with Crippen LogP contribution in [-0.4, -0.2) is 23.0 Å². The zero-order valence-corrected chi connectivity index (χ0v) is 12.0. The number of nitrogens with zero attached hydrogens (tertiary/aromatic N) is 2. The molecule has 0 unspecified atom stereocenters. The van der Waals surface area contributed by atoms with Gasteiger partial charge < -0.3 is 14.8 Å². The lowest BCUT2D eigenvalue weighted by molar-refractivity contribution is -0.116. The molecule has 0 saturated carbocycles. The maximum Gasteiger partial charge on any atom is 0.267 e. The lowest BCUT2D eigenvalue weighted by atomic mass is 10.0. The average Bonchev–Trinajstić information content (AvgIpc) is 2.48. The first-order chi connectivity index (χ1) is 10.2. The summed E-state index contributed by atoms with van der Waals surface area (Å²) in [5.74, 6) is 1.15. The number of anilines is 1. The molecule has 2 aromatic rings. The minimum atomic E-state index is 0.0282. The van der Waals surface area contributed by atoms with Crippen molar-refractivity contribution in [3.05, 3.63) is 35.2 Å². The molecular formula is C14H12ClN3O3. The van der Waals surface area contributed by atoms with E-state index in [9.17, 15) is 4.79 Å². The van der Waals surface area contributed by atoms with Gasteiger partial charge in [-0.3, -0.25) is 4.79 Å². The summed E-state index contributed by atoms with van der Waals surface area (Å²) in [6, 6.07) is 5.42. The number of benzene rings is 1. The van der Waals surface area contributed by atoms with Gasteiger partial charge >= 0.3 is 0 Å². The van der Waals surface area contributed by atoms with Crippen molar-refractivity contribution in [2.75, 3.05) is 12.4 Å². The highest BCUT2D eigenvalue weighted by molar-refractivity contribution is 6.31. The van der Waals surface area contributed by atoms with Crippen LogP contribution in [0.1, 0.15) is 12.0 Å². The molecule has 3 rings (SSSR count). The average molecular weight is 306 g/mol.